The summed E-state index contributed by atoms with van der Waals surface area (Å²) < 4.78 is 20.3. The molecule has 0 bridgehead atoms. The largest absolute Gasteiger partial charge is 0.488 e. The summed E-state index contributed by atoms with van der Waals surface area (Å²) in [7, 11) is 0. The van der Waals surface area contributed by atoms with Gasteiger partial charge in [-0.05, 0) is 30.8 Å². The number of rotatable bonds is 6. The fourth-order valence-corrected chi connectivity index (χ4v) is 2.27. The molecule has 0 aliphatic heterocycles. The van der Waals surface area contributed by atoms with Gasteiger partial charge in [-0.15, -0.1) is 0 Å². The van der Waals surface area contributed by atoms with E-state index in [0.717, 1.165) is 28.9 Å². The molecule has 20 heavy (non-hydrogen) atoms. The molecule has 0 saturated heterocycles. The molecular weight excluding hydrogens is 321 g/mol. The first kappa shape index (κ1) is 15.0. The fraction of sp³-hybridized carbons (Fsp3) is 0.250. The zero-order valence-electron chi connectivity index (χ0n) is 11.3. The summed E-state index contributed by atoms with van der Waals surface area (Å²) in [5, 5.41) is 3.27. The van der Waals surface area contributed by atoms with E-state index in [-0.39, 0.29) is 12.4 Å². The molecule has 0 aliphatic rings. The molecule has 2 rings (SSSR count). The van der Waals surface area contributed by atoms with Crippen LogP contribution in [0.25, 0.3) is 0 Å². The maximum absolute atomic E-state index is 13.6. The summed E-state index contributed by atoms with van der Waals surface area (Å²) in [6, 6.07) is 12.5. The maximum atomic E-state index is 13.6. The maximum Gasteiger partial charge on any atom is 0.129 e. The Kier molecular flexibility index (Phi) is 5.56. The van der Waals surface area contributed by atoms with E-state index >= 15 is 0 Å². The standard InChI is InChI=1S/C16H17BrFNO/c1-2-19-10-13-9-14(17)7-8-16(13)20-11-12-5-3-4-6-15(12)18/h3-9,19H,2,10-11H2,1H3. The highest BCUT2D eigenvalue weighted by Gasteiger charge is 2.06. The van der Waals surface area contributed by atoms with Crippen molar-refractivity contribution in [2.45, 2.75) is 20.1 Å². The quantitative estimate of drug-likeness (QED) is 0.849. The van der Waals surface area contributed by atoms with Gasteiger partial charge in [-0.25, -0.2) is 4.39 Å². The molecular formula is C16H17BrFNO. The van der Waals surface area contributed by atoms with Crippen LogP contribution in [-0.2, 0) is 13.2 Å². The molecule has 0 aliphatic carbocycles. The van der Waals surface area contributed by atoms with Crippen LogP contribution in [0.3, 0.4) is 0 Å². The highest BCUT2D eigenvalue weighted by Crippen LogP contribution is 2.24. The second kappa shape index (κ2) is 7.41. The van der Waals surface area contributed by atoms with Gasteiger partial charge in [0.2, 0.25) is 0 Å². The van der Waals surface area contributed by atoms with Crippen molar-refractivity contribution in [3.05, 3.63) is 63.9 Å². The molecule has 0 amide bonds. The van der Waals surface area contributed by atoms with Gasteiger partial charge in [-0.2, -0.15) is 0 Å². The van der Waals surface area contributed by atoms with Crippen molar-refractivity contribution in [3.63, 3.8) is 0 Å². The third-order valence-corrected chi connectivity index (χ3v) is 3.42. The minimum absolute atomic E-state index is 0.230. The van der Waals surface area contributed by atoms with Crippen molar-refractivity contribution < 1.29 is 9.13 Å². The summed E-state index contributed by atoms with van der Waals surface area (Å²) in [6.45, 7) is 3.90. The third-order valence-electron chi connectivity index (χ3n) is 2.93. The Hall–Kier alpha value is -1.39. The highest BCUT2D eigenvalue weighted by atomic mass is 79.9. The lowest BCUT2D eigenvalue weighted by molar-refractivity contribution is 0.296. The van der Waals surface area contributed by atoms with E-state index < -0.39 is 0 Å². The van der Waals surface area contributed by atoms with Gasteiger partial charge in [0, 0.05) is 22.1 Å². The lowest BCUT2D eigenvalue weighted by Gasteiger charge is -2.13. The van der Waals surface area contributed by atoms with Crippen molar-refractivity contribution >= 4 is 15.9 Å². The summed E-state index contributed by atoms with van der Waals surface area (Å²) in [4.78, 5) is 0. The Morgan fingerprint density at radius 3 is 2.70 bits per heavy atom. The molecule has 0 radical (unpaired) electrons. The first-order valence-corrected chi connectivity index (χ1v) is 7.35. The molecule has 0 fully saturated rings. The van der Waals surface area contributed by atoms with Gasteiger partial charge in [0.05, 0.1) is 0 Å². The van der Waals surface area contributed by atoms with E-state index in [0.29, 0.717) is 5.56 Å². The second-order valence-electron chi connectivity index (χ2n) is 4.41. The highest BCUT2D eigenvalue weighted by molar-refractivity contribution is 9.10. The van der Waals surface area contributed by atoms with Crippen LogP contribution >= 0.6 is 15.9 Å². The number of benzene rings is 2. The number of hydrogen-bond acceptors (Lipinski definition) is 2. The van der Waals surface area contributed by atoms with Crippen molar-refractivity contribution in [3.8, 4) is 5.75 Å². The average Bonchev–Trinajstić information content (AvgIpc) is 2.45. The molecule has 1 N–H and O–H groups in total. The molecule has 0 atom stereocenters. The lowest BCUT2D eigenvalue weighted by atomic mass is 10.2. The number of halogens is 2. The zero-order chi connectivity index (χ0) is 14.4. The summed E-state index contributed by atoms with van der Waals surface area (Å²) in [5.74, 6) is 0.537. The normalized spacial score (nSPS) is 10.6. The van der Waals surface area contributed by atoms with E-state index in [1.807, 2.05) is 24.3 Å². The Balaban J connectivity index is 2.10. The van der Waals surface area contributed by atoms with Crippen molar-refractivity contribution in [1.29, 1.82) is 0 Å². The van der Waals surface area contributed by atoms with E-state index in [1.165, 1.54) is 6.07 Å². The fourth-order valence-electron chi connectivity index (χ4n) is 1.86. The summed E-state index contributed by atoms with van der Waals surface area (Å²) >= 11 is 3.45. The molecule has 0 unspecified atom stereocenters. The Labute approximate surface area is 127 Å². The number of nitrogens with one attached hydrogen (secondary N) is 1. The summed E-state index contributed by atoms with van der Waals surface area (Å²) in [6.07, 6.45) is 0. The monoisotopic (exact) mass is 337 g/mol. The van der Waals surface area contributed by atoms with Gasteiger partial charge in [0.25, 0.3) is 0 Å². The van der Waals surface area contributed by atoms with Gasteiger partial charge >= 0.3 is 0 Å². The van der Waals surface area contributed by atoms with Crippen LogP contribution < -0.4 is 10.1 Å². The molecule has 4 heteroatoms. The van der Waals surface area contributed by atoms with Crippen molar-refractivity contribution in [2.75, 3.05) is 6.54 Å². The first-order valence-electron chi connectivity index (χ1n) is 6.56. The van der Waals surface area contributed by atoms with Crippen LogP contribution in [0.1, 0.15) is 18.1 Å². The van der Waals surface area contributed by atoms with Crippen LogP contribution in [0.5, 0.6) is 5.75 Å². The van der Waals surface area contributed by atoms with Gasteiger partial charge in [-0.3, -0.25) is 0 Å². The molecule has 0 saturated carbocycles. The average molecular weight is 338 g/mol. The topological polar surface area (TPSA) is 21.3 Å². The SMILES string of the molecule is CCNCc1cc(Br)ccc1OCc1ccccc1F. The summed E-state index contributed by atoms with van der Waals surface area (Å²) in [5.41, 5.74) is 1.61. The predicted molar refractivity (Wildman–Crippen MR) is 82.3 cm³/mol. The van der Waals surface area contributed by atoms with E-state index in [4.69, 9.17) is 4.74 Å². The molecule has 2 aromatic carbocycles. The van der Waals surface area contributed by atoms with Crippen molar-refractivity contribution in [1.82, 2.24) is 5.32 Å². The lowest BCUT2D eigenvalue weighted by Crippen LogP contribution is -2.13. The van der Waals surface area contributed by atoms with Crippen molar-refractivity contribution in [2.24, 2.45) is 0 Å². The first-order chi connectivity index (χ1) is 9.70. The molecule has 2 aromatic rings. The van der Waals surface area contributed by atoms with Gasteiger partial charge in [-0.1, -0.05) is 41.1 Å². The van der Waals surface area contributed by atoms with Crippen LogP contribution in [-0.4, -0.2) is 6.54 Å². The molecule has 0 aromatic heterocycles. The Morgan fingerprint density at radius 2 is 1.95 bits per heavy atom. The minimum atomic E-state index is -0.238. The van der Waals surface area contributed by atoms with Crippen LogP contribution in [0.2, 0.25) is 0 Å². The van der Waals surface area contributed by atoms with Gasteiger partial charge in [0.1, 0.15) is 18.2 Å². The molecule has 2 nitrogen and oxygen atoms in total. The van der Waals surface area contributed by atoms with E-state index in [1.54, 1.807) is 12.1 Å². The van der Waals surface area contributed by atoms with Gasteiger partial charge < -0.3 is 10.1 Å². The number of hydrogen-bond donors (Lipinski definition) is 1. The van der Waals surface area contributed by atoms with Gasteiger partial charge in [0.15, 0.2) is 0 Å². The number of ether oxygens (including phenoxy) is 1. The minimum Gasteiger partial charge on any atom is -0.488 e. The van der Waals surface area contributed by atoms with E-state index in [9.17, 15) is 4.39 Å². The molecule has 0 heterocycles. The van der Waals surface area contributed by atoms with E-state index in [2.05, 4.69) is 28.2 Å². The zero-order valence-corrected chi connectivity index (χ0v) is 12.9. The smallest absolute Gasteiger partial charge is 0.129 e. The Bertz CT molecular complexity index is 574. The van der Waals surface area contributed by atoms with Crippen LogP contribution in [0.4, 0.5) is 4.39 Å². The van der Waals surface area contributed by atoms with Crippen LogP contribution in [0.15, 0.2) is 46.9 Å². The third kappa shape index (κ3) is 4.05. The Morgan fingerprint density at radius 1 is 1.15 bits per heavy atom. The van der Waals surface area contributed by atoms with Crippen LogP contribution in [0, 0.1) is 5.82 Å². The molecule has 0 spiro atoms. The molecule has 106 valence electrons. The predicted octanol–water partition coefficient (Wildman–Crippen LogP) is 4.28. The second-order valence-corrected chi connectivity index (χ2v) is 5.33.